The van der Waals surface area contributed by atoms with Gasteiger partial charge in [0.2, 0.25) is 11.6 Å². The van der Waals surface area contributed by atoms with E-state index in [-0.39, 0.29) is 36.0 Å². The number of nitrogens with zero attached hydrogens (tertiary/aromatic N) is 2. The Labute approximate surface area is 176 Å². The fourth-order valence-corrected chi connectivity index (χ4v) is 6.23. The summed E-state index contributed by atoms with van der Waals surface area (Å²) in [5.41, 5.74) is 0.229. The van der Waals surface area contributed by atoms with E-state index in [4.69, 9.17) is 9.47 Å². The highest BCUT2D eigenvalue weighted by atomic mass is 16.5. The quantitative estimate of drug-likeness (QED) is 0.447. The van der Waals surface area contributed by atoms with Crippen LogP contribution in [0.3, 0.4) is 0 Å². The molecule has 0 amide bonds. The lowest BCUT2D eigenvalue weighted by Crippen LogP contribution is -2.54. The van der Waals surface area contributed by atoms with Gasteiger partial charge in [-0.2, -0.15) is 0 Å². The smallest absolute Gasteiger partial charge is 0.226 e. The molecule has 4 aliphatic heterocycles. The van der Waals surface area contributed by atoms with Crippen LogP contribution in [-0.2, 0) is 19.1 Å². The van der Waals surface area contributed by atoms with Crippen molar-refractivity contribution < 1.29 is 24.2 Å². The Balaban J connectivity index is 1.38. The van der Waals surface area contributed by atoms with Gasteiger partial charge in [0.25, 0.3) is 0 Å². The standard InChI is InChI=1S/C22H31N3O5/c1-4-24-8-5-6-13(24)7-9-30-20-12(2)18(27)17-16(19(20)28)14(11-26)22(29-3)21-15(23-21)10-25(17)22/h13-15,21,23,26H,4-11H2,1-3H3. The maximum atomic E-state index is 13.5. The van der Waals surface area contributed by atoms with Crippen LogP contribution in [0.4, 0.5) is 0 Å². The molecule has 5 rings (SSSR count). The van der Waals surface area contributed by atoms with Crippen molar-refractivity contribution in [2.24, 2.45) is 5.92 Å². The molecule has 0 aromatic rings. The topological polar surface area (TPSA) is 101 Å². The summed E-state index contributed by atoms with van der Waals surface area (Å²) in [4.78, 5) is 31.1. The van der Waals surface area contributed by atoms with E-state index in [9.17, 15) is 14.7 Å². The van der Waals surface area contributed by atoms with E-state index in [1.807, 2.05) is 4.90 Å². The van der Waals surface area contributed by atoms with E-state index in [2.05, 4.69) is 17.1 Å². The first kappa shape index (κ1) is 20.2. The fourth-order valence-electron chi connectivity index (χ4n) is 6.23. The van der Waals surface area contributed by atoms with Gasteiger partial charge in [-0.15, -0.1) is 0 Å². The highest BCUT2D eigenvalue weighted by Gasteiger charge is 2.72. The molecule has 5 aliphatic rings. The van der Waals surface area contributed by atoms with Crippen molar-refractivity contribution in [2.45, 2.75) is 57.0 Å². The third-order valence-corrected chi connectivity index (χ3v) is 7.77. The zero-order valence-corrected chi connectivity index (χ0v) is 17.9. The maximum absolute atomic E-state index is 13.5. The molecule has 8 heteroatoms. The van der Waals surface area contributed by atoms with E-state index in [0.717, 1.165) is 25.9 Å². The van der Waals surface area contributed by atoms with Gasteiger partial charge in [-0.25, -0.2) is 0 Å². The molecule has 2 N–H and O–H groups in total. The molecular formula is C22H31N3O5. The maximum Gasteiger partial charge on any atom is 0.226 e. The number of methoxy groups -OCH3 is 1. The number of ketones is 2. The summed E-state index contributed by atoms with van der Waals surface area (Å²) in [7, 11) is 1.59. The molecule has 3 saturated heterocycles. The predicted octanol–water partition coefficient (Wildman–Crippen LogP) is 0.178. The Morgan fingerprint density at radius 2 is 2.10 bits per heavy atom. The van der Waals surface area contributed by atoms with Gasteiger partial charge in [0.05, 0.1) is 30.9 Å². The third-order valence-electron chi connectivity index (χ3n) is 7.77. The first-order valence-corrected chi connectivity index (χ1v) is 11.1. The molecule has 0 spiro atoms. The van der Waals surface area contributed by atoms with Crippen molar-refractivity contribution in [3.8, 4) is 0 Å². The average Bonchev–Trinajstić information content (AvgIpc) is 3.12. The number of fused-ring (bicyclic) bond motifs is 4. The zero-order chi connectivity index (χ0) is 21.2. The molecule has 0 aromatic heterocycles. The largest absolute Gasteiger partial charge is 0.489 e. The highest BCUT2D eigenvalue weighted by Crippen LogP contribution is 2.55. The Morgan fingerprint density at radius 3 is 2.80 bits per heavy atom. The lowest BCUT2D eigenvalue weighted by atomic mass is 9.83. The summed E-state index contributed by atoms with van der Waals surface area (Å²) in [6.07, 6.45) is 3.17. The molecule has 164 valence electrons. The lowest BCUT2D eigenvalue weighted by Gasteiger charge is -2.39. The zero-order valence-electron chi connectivity index (χ0n) is 17.9. The molecular weight excluding hydrogens is 386 g/mol. The Bertz CT molecular complexity index is 852. The number of hydrogen-bond donors (Lipinski definition) is 2. The van der Waals surface area contributed by atoms with Crippen molar-refractivity contribution >= 4 is 11.6 Å². The monoisotopic (exact) mass is 417 g/mol. The first-order valence-electron chi connectivity index (χ1n) is 11.1. The summed E-state index contributed by atoms with van der Waals surface area (Å²) < 4.78 is 11.9. The summed E-state index contributed by atoms with van der Waals surface area (Å²) >= 11 is 0. The number of rotatable bonds is 7. The van der Waals surface area contributed by atoms with Crippen LogP contribution in [0.15, 0.2) is 22.6 Å². The third kappa shape index (κ3) is 2.54. The van der Waals surface area contributed by atoms with Crippen LogP contribution in [0.2, 0.25) is 0 Å². The number of hydrogen-bond acceptors (Lipinski definition) is 8. The van der Waals surface area contributed by atoms with E-state index < -0.39 is 11.6 Å². The van der Waals surface area contributed by atoms with Crippen LogP contribution in [0, 0.1) is 5.92 Å². The molecule has 0 radical (unpaired) electrons. The van der Waals surface area contributed by atoms with Gasteiger partial charge in [-0.1, -0.05) is 6.92 Å². The van der Waals surface area contributed by atoms with Crippen molar-refractivity contribution in [3.63, 3.8) is 0 Å². The molecule has 30 heavy (non-hydrogen) atoms. The van der Waals surface area contributed by atoms with Crippen molar-refractivity contribution in [3.05, 3.63) is 22.6 Å². The Kier molecular flexibility index (Phi) is 4.81. The van der Waals surface area contributed by atoms with Crippen LogP contribution in [-0.4, -0.2) is 90.3 Å². The second-order valence-corrected chi connectivity index (χ2v) is 8.99. The second kappa shape index (κ2) is 7.15. The van der Waals surface area contributed by atoms with Gasteiger partial charge >= 0.3 is 0 Å². The van der Waals surface area contributed by atoms with Crippen molar-refractivity contribution in [1.29, 1.82) is 0 Å². The summed E-state index contributed by atoms with van der Waals surface area (Å²) in [6.45, 7) is 6.71. The molecule has 3 fully saturated rings. The van der Waals surface area contributed by atoms with Gasteiger partial charge in [-0.3, -0.25) is 9.59 Å². The van der Waals surface area contributed by atoms with Crippen LogP contribution < -0.4 is 5.32 Å². The van der Waals surface area contributed by atoms with Crippen LogP contribution in [0.1, 0.15) is 33.1 Å². The minimum Gasteiger partial charge on any atom is -0.489 e. The average molecular weight is 418 g/mol. The van der Waals surface area contributed by atoms with Crippen LogP contribution in [0.25, 0.3) is 0 Å². The van der Waals surface area contributed by atoms with Crippen LogP contribution >= 0.6 is 0 Å². The first-order chi connectivity index (χ1) is 14.5. The number of ether oxygens (including phenoxy) is 2. The van der Waals surface area contributed by atoms with Crippen molar-refractivity contribution in [2.75, 3.05) is 40.0 Å². The van der Waals surface area contributed by atoms with Gasteiger partial charge in [0, 0.05) is 36.9 Å². The number of likely N-dealkylation sites (tertiary alicyclic amines) is 1. The number of Topliss-reactive ketones (excluding diaryl/α,β-unsaturated/α-hetero) is 2. The number of nitrogens with one attached hydrogen (secondary N) is 1. The number of carbonyl (C=O) groups excluding carboxylic acids is 2. The van der Waals surface area contributed by atoms with E-state index >= 15 is 0 Å². The molecule has 0 saturated carbocycles. The molecule has 0 bridgehead atoms. The summed E-state index contributed by atoms with van der Waals surface area (Å²) in [5.74, 6) is -0.890. The van der Waals surface area contributed by atoms with E-state index in [1.165, 1.54) is 6.42 Å². The summed E-state index contributed by atoms with van der Waals surface area (Å²) in [5, 5.41) is 13.6. The molecule has 8 nitrogen and oxygen atoms in total. The van der Waals surface area contributed by atoms with Crippen molar-refractivity contribution in [1.82, 2.24) is 15.1 Å². The normalized spacial score (nSPS) is 37.8. The number of piperazine rings is 1. The lowest BCUT2D eigenvalue weighted by molar-refractivity contribution is -0.137. The number of carbonyl (C=O) groups is 2. The van der Waals surface area contributed by atoms with Gasteiger partial charge in [0.1, 0.15) is 0 Å². The number of aliphatic hydroxyl groups excluding tert-OH is 1. The van der Waals surface area contributed by atoms with Gasteiger partial charge in [-0.05, 0) is 39.3 Å². The Hall–Kier alpha value is -1.74. The van der Waals surface area contributed by atoms with Gasteiger partial charge < -0.3 is 29.7 Å². The molecule has 5 unspecified atom stereocenters. The molecule has 4 heterocycles. The van der Waals surface area contributed by atoms with Gasteiger partial charge in [0.15, 0.2) is 11.5 Å². The molecule has 5 atom stereocenters. The van der Waals surface area contributed by atoms with E-state index in [0.29, 0.717) is 36.0 Å². The van der Waals surface area contributed by atoms with Crippen LogP contribution in [0.5, 0.6) is 0 Å². The number of aliphatic hydroxyl groups is 1. The minimum absolute atomic E-state index is 0.0120. The predicted molar refractivity (Wildman–Crippen MR) is 108 cm³/mol. The highest BCUT2D eigenvalue weighted by molar-refractivity contribution is 6.25. The SMILES string of the molecule is CCN1CCCC1CCOC1=C(C)C(=O)C2=C(C1=O)C(CO)C1(OC)C3NC3CN21. The molecule has 0 aromatic carbocycles. The fraction of sp³-hybridized carbons (Fsp3) is 0.727. The molecule has 1 aliphatic carbocycles. The second-order valence-electron chi connectivity index (χ2n) is 8.99. The summed E-state index contributed by atoms with van der Waals surface area (Å²) in [6, 6.07) is 0.709. The van der Waals surface area contributed by atoms with E-state index in [1.54, 1.807) is 14.0 Å². The minimum atomic E-state index is -0.878. The Morgan fingerprint density at radius 1 is 1.30 bits per heavy atom. The number of allylic oxidation sites excluding steroid dienone is 2.